The van der Waals surface area contributed by atoms with E-state index >= 15 is 0 Å². The summed E-state index contributed by atoms with van der Waals surface area (Å²) in [7, 11) is 0. The van der Waals surface area contributed by atoms with Gasteiger partial charge < -0.3 is 5.73 Å². The lowest BCUT2D eigenvalue weighted by molar-refractivity contribution is -0.361. The van der Waals surface area contributed by atoms with Crippen molar-refractivity contribution in [2.45, 2.75) is 18.0 Å². The summed E-state index contributed by atoms with van der Waals surface area (Å²) in [4.78, 5) is 8.10. The summed E-state index contributed by atoms with van der Waals surface area (Å²) in [5, 5.41) is 0. The van der Waals surface area contributed by atoms with Gasteiger partial charge in [0.2, 0.25) is 11.8 Å². The number of alkyl halides is 7. The van der Waals surface area contributed by atoms with E-state index in [4.69, 9.17) is 5.73 Å². The van der Waals surface area contributed by atoms with E-state index in [0.29, 0.717) is 6.33 Å². The quantitative estimate of drug-likeness (QED) is 0.826. The predicted molar refractivity (Wildman–Crippen MR) is 39.1 cm³/mol. The third kappa shape index (κ3) is 2.08. The number of anilines is 1. The van der Waals surface area contributed by atoms with Gasteiger partial charge in [-0.05, 0) is 0 Å². The summed E-state index contributed by atoms with van der Waals surface area (Å²) < 4.78 is 86.2. The van der Waals surface area contributed by atoms with Gasteiger partial charge in [0.1, 0.15) is 6.33 Å². The van der Waals surface area contributed by atoms with E-state index in [0.717, 1.165) is 0 Å². The van der Waals surface area contributed by atoms with Crippen molar-refractivity contribution in [3.05, 3.63) is 12.2 Å². The fraction of sp³-hybridized carbons (Fsp3) is 0.500. The highest BCUT2D eigenvalue weighted by atomic mass is 19.4. The standard InChI is InChI=1S/C6H3F7N4/c7-4(8,5(9,10)6(11,12)13)2-15-1-16-3(14)17-2/h1H,(H2,14,15,16,17). The van der Waals surface area contributed by atoms with Crippen LogP contribution >= 0.6 is 0 Å². The summed E-state index contributed by atoms with van der Waals surface area (Å²) in [5.41, 5.74) is 4.79. The van der Waals surface area contributed by atoms with Gasteiger partial charge in [0.05, 0.1) is 0 Å². The van der Waals surface area contributed by atoms with Crippen LogP contribution in [-0.2, 0) is 5.92 Å². The number of hydrogen-bond acceptors (Lipinski definition) is 4. The van der Waals surface area contributed by atoms with Crippen molar-refractivity contribution >= 4 is 5.95 Å². The average Bonchev–Trinajstić information content (AvgIpc) is 2.15. The molecule has 96 valence electrons. The van der Waals surface area contributed by atoms with Gasteiger partial charge in [-0.1, -0.05) is 0 Å². The molecule has 0 aliphatic heterocycles. The molecule has 0 aliphatic carbocycles. The molecule has 1 rings (SSSR count). The molecule has 1 aromatic rings. The molecule has 0 fully saturated rings. The molecular weight excluding hydrogens is 261 g/mol. The monoisotopic (exact) mass is 264 g/mol. The molecule has 0 atom stereocenters. The molecule has 0 saturated carbocycles. The van der Waals surface area contributed by atoms with Crippen LogP contribution in [0.25, 0.3) is 0 Å². The predicted octanol–water partition coefficient (Wildman–Crippen LogP) is 1.74. The van der Waals surface area contributed by atoms with Crippen LogP contribution in [0.1, 0.15) is 5.82 Å². The lowest BCUT2D eigenvalue weighted by atomic mass is 10.1. The highest BCUT2D eigenvalue weighted by molar-refractivity contribution is 5.16. The van der Waals surface area contributed by atoms with E-state index in [9.17, 15) is 30.7 Å². The number of hydrogen-bond donors (Lipinski definition) is 1. The van der Waals surface area contributed by atoms with Crippen LogP contribution in [0, 0.1) is 0 Å². The average molecular weight is 264 g/mol. The zero-order valence-electron chi connectivity index (χ0n) is 7.64. The van der Waals surface area contributed by atoms with Crippen LogP contribution in [0.4, 0.5) is 36.7 Å². The van der Waals surface area contributed by atoms with Gasteiger partial charge in [-0.2, -0.15) is 35.7 Å². The van der Waals surface area contributed by atoms with Gasteiger partial charge in [0.15, 0.2) is 0 Å². The lowest BCUT2D eigenvalue weighted by Crippen LogP contribution is -2.50. The Kier molecular flexibility index (Phi) is 2.89. The Balaban J connectivity index is 3.28. The third-order valence-electron chi connectivity index (χ3n) is 1.62. The highest BCUT2D eigenvalue weighted by Crippen LogP contribution is 2.50. The van der Waals surface area contributed by atoms with Gasteiger partial charge in [0.25, 0.3) is 0 Å². The minimum absolute atomic E-state index is 0.304. The van der Waals surface area contributed by atoms with Crippen LogP contribution in [0.5, 0.6) is 0 Å². The molecule has 1 aromatic heterocycles. The van der Waals surface area contributed by atoms with Gasteiger partial charge in [0, 0.05) is 0 Å². The van der Waals surface area contributed by atoms with Crippen molar-refractivity contribution in [1.29, 1.82) is 0 Å². The van der Waals surface area contributed by atoms with Gasteiger partial charge in [-0.25, -0.2) is 9.97 Å². The number of halogens is 7. The van der Waals surface area contributed by atoms with Crippen molar-refractivity contribution < 1.29 is 30.7 Å². The number of nitrogen functional groups attached to an aromatic ring is 1. The molecule has 0 radical (unpaired) electrons. The van der Waals surface area contributed by atoms with Gasteiger partial charge in [-0.15, -0.1) is 0 Å². The molecule has 0 aliphatic rings. The summed E-state index contributed by atoms with van der Waals surface area (Å²) in [6.07, 6.45) is -6.14. The molecular formula is C6H3F7N4. The highest BCUT2D eigenvalue weighted by Gasteiger charge is 2.75. The topological polar surface area (TPSA) is 64.7 Å². The van der Waals surface area contributed by atoms with E-state index in [1.165, 1.54) is 0 Å². The van der Waals surface area contributed by atoms with Gasteiger partial charge in [-0.3, -0.25) is 0 Å². The largest absolute Gasteiger partial charge is 0.460 e. The molecule has 0 spiro atoms. The zero-order chi connectivity index (χ0) is 13.5. The first-order valence-corrected chi connectivity index (χ1v) is 3.77. The zero-order valence-corrected chi connectivity index (χ0v) is 7.64. The van der Waals surface area contributed by atoms with Crippen LogP contribution in [-0.4, -0.2) is 27.1 Å². The minimum atomic E-state index is -6.45. The number of nitrogens with zero attached hydrogens (tertiary/aromatic N) is 3. The maximum atomic E-state index is 12.9. The Morgan fingerprint density at radius 1 is 0.941 bits per heavy atom. The van der Waals surface area contributed by atoms with E-state index in [1.54, 1.807) is 0 Å². The maximum absolute atomic E-state index is 12.9. The Morgan fingerprint density at radius 2 is 1.47 bits per heavy atom. The second kappa shape index (κ2) is 3.67. The van der Waals surface area contributed by atoms with E-state index in [2.05, 4.69) is 15.0 Å². The summed E-state index contributed by atoms with van der Waals surface area (Å²) >= 11 is 0. The van der Waals surface area contributed by atoms with E-state index in [1.807, 2.05) is 0 Å². The molecule has 4 nitrogen and oxygen atoms in total. The normalized spacial score (nSPS) is 13.8. The Labute approximate surface area is 88.7 Å². The van der Waals surface area contributed by atoms with Crippen LogP contribution in [0.15, 0.2) is 6.33 Å². The van der Waals surface area contributed by atoms with E-state index < -0.39 is 29.8 Å². The summed E-state index contributed by atoms with van der Waals surface area (Å²) in [6.45, 7) is 0. The number of rotatable bonds is 2. The summed E-state index contributed by atoms with van der Waals surface area (Å²) in [6, 6.07) is 0. The smallest absolute Gasteiger partial charge is 0.368 e. The second-order valence-electron chi connectivity index (χ2n) is 2.81. The molecule has 0 unspecified atom stereocenters. The number of aromatic nitrogens is 3. The Bertz CT molecular complexity index is 415. The third-order valence-corrected chi connectivity index (χ3v) is 1.62. The lowest BCUT2D eigenvalue weighted by Gasteiger charge is -2.26. The number of nitrogens with two attached hydrogens (primary N) is 1. The first-order valence-electron chi connectivity index (χ1n) is 3.77. The summed E-state index contributed by atoms with van der Waals surface area (Å²) in [5.74, 6) is -14.9. The minimum Gasteiger partial charge on any atom is -0.368 e. The van der Waals surface area contributed by atoms with Crippen LogP contribution in [0.3, 0.4) is 0 Å². The molecule has 0 amide bonds. The van der Waals surface area contributed by atoms with Crippen molar-refractivity contribution in [3.63, 3.8) is 0 Å². The van der Waals surface area contributed by atoms with Crippen molar-refractivity contribution in [3.8, 4) is 0 Å². The van der Waals surface area contributed by atoms with Crippen LogP contribution < -0.4 is 5.73 Å². The second-order valence-corrected chi connectivity index (χ2v) is 2.81. The molecule has 17 heavy (non-hydrogen) atoms. The maximum Gasteiger partial charge on any atom is 0.460 e. The van der Waals surface area contributed by atoms with E-state index in [-0.39, 0.29) is 0 Å². The molecule has 0 bridgehead atoms. The Hall–Kier alpha value is -1.68. The fourth-order valence-electron chi connectivity index (χ4n) is 0.779. The van der Waals surface area contributed by atoms with Gasteiger partial charge >= 0.3 is 18.0 Å². The molecule has 11 heteroatoms. The first-order chi connectivity index (χ1) is 7.50. The molecule has 1 heterocycles. The van der Waals surface area contributed by atoms with Crippen molar-refractivity contribution in [2.24, 2.45) is 0 Å². The van der Waals surface area contributed by atoms with Crippen LogP contribution in [0.2, 0.25) is 0 Å². The Morgan fingerprint density at radius 3 is 1.88 bits per heavy atom. The molecule has 0 saturated heterocycles. The molecule has 0 aromatic carbocycles. The first kappa shape index (κ1) is 13.4. The van der Waals surface area contributed by atoms with Crippen molar-refractivity contribution in [2.75, 3.05) is 5.73 Å². The van der Waals surface area contributed by atoms with Crippen molar-refractivity contribution in [1.82, 2.24) is 15.0 Å². The molecule has 2 N–H and O–H groups in total. The SMILES string of the molecule is Nc1ncnc(C(F)(F)C(F)(F)C(F)(F)F)n1. The fourth-order valence-corrected chi connectivity index (χ4v) is 0.779.